The lowest BCUT2D eigenvalue weighted by Crippen LogP contribution is -2.17. The summed E-state index contributed by atoms with van der Waals surface area (Å²) in [4.78, 5) is 30.9. The van der Waals surface area contributed by atoms with E-state index in [4.69, 9.17) is 46.4 Å². The van der Waals surface area contributed by atoms with Crippen molar-refractivity contribution in [1.29, 1.82) is 0 Å². The third-order valence-electron chi connectivity index (χ3n) is 4.25. The van der Waals surface area contributed by atoms with Crippen LogP contribution in [0.1, 0.15) is 20.7 Å². The molecule has 0 saturated heterocycles. The summed E-state index contributed by atoms with van der Waals surface area (Å²) in [6, 6.07) is 9.93. The first-order valence-corrected chi connectivity index (χ1v) is 10.4. The van der Waals surface area contributed by atoms with Crippen LogP contribution in [0.2, 0.25) is 20.6 Å². The molecule has 0 fully saturated rings. The number of benzene rings is 2. The topological polar surface area (TPSA) is 110 Å². The van der Waals surface area contributed by atoms with Gasteiger partial charge in [-0.2, -0.15) is 0 Å². The van der Waals surface area contributed by atoms with Gasteiger partial charge in [0.05, 0.1) is 11.0 Å². The van der Waals surface area contributed by atoms with Crippen molar-refractivity contribution in [2.45, 2.75) is 0 Å². The van der Waals surface area contributed by atoms with Gasteiger partial charge >= 0.3 is 0 Å². The van der Waals surface area contributed by atoms with Crippen molar-refractivity contribution in [2.24, 2.45) is 0 Å². The highest BCUT2D eigenvalue weighted by Gasteiger charge is 2.10. The van der Waals surface area contributed by atoms with Gasteiger partial charge in [0.25, 0.3) is 11.8 Å². The molecule has 0 aliphatic carbocycles. The monoisotopic (exact) mass is 510 g/mol. The van der Waals surface area contributed by atoms with Crippen molar-refractivity contribution >= 4 is 80.0 Å². The minimum atomic E-state index is -0.189. The summed E-state index contributed by atoms with van der Waals surface area (Å²) in [6.45, 7) is 0. The lowest BCUT2D eigenvalue weighted by atomic mass is 10.1. The highest BCUT2D eigenvalue weighted by Crippen LogP contribution is 2.26. The maximum Gasteiger partial charge on any atom is 0.251 e. The van der Waals surface area contributed by atoms with Crippen LogP contribution in [0.4, 0.5) is 0 Å². The highest BCUT2D eigenvalue weighted by molar-refractivity contribution is 6.40. The number of rotatable bonds is 2. The molecule has 0 aliphatic heterocycles. The maximum absolute atomic E-state index is 11.4. The Morgan fingerprint density at radius 1 is 0.656 bits per heavy atom. The smallest absolute Gasteiger partial charge is 0.251 e. The van der Waals surface area contributed by atoms with E-state index in [1.54, 1.807) is 50.5 Å². The van der Waals surface area contributed by atoms with Crippen LogP contribution in [0.25, 0.3) is 21.8 Å². The second kappa shape index (κ2) is 10.2. The van der Waals surface area contributed by atoms with Crippen LogP contribution in [-0.2, 0) is 0 Å². The third-order valence-corrected chi connectivity index (χ3v) is 5.43. The van der Waals surface area contributed by atoms with Gasteiger partial charge < -0.3 is 10.6 Å². The molecule has 0 bridgehead atoms. The predicted octanol–water partition coefficient (Wildman–Crippen LogP) is 4.59. The summed E-state index contributed by atoms with van der Waals surface area (Å²) < 4.78 is 0. The first-order chi connectivity index (χ1) is 15.2. The lowest BCUT2D eigenvalue weighted by Gasteiger charge is -2.04. The van der Waals surface area contributed by atoms with Gasteiger partial charge in [0.15, 0.2) is 20.6 Å². The van der Waals surface area contributed by atoms with Crippen molar-refractivity contribution in [2.75, 3.05) is 14.1 Å². The Hall–Kier alpha value is -2.78. The summed E-state index contributed by atoms with van der Waals surface area (Å²) in [5, 5.41) is 14.5. The molecule has 0 radical (unpaired) electrons. The number of halogens is 4. The van der Waals surface area contributed by atoms with Crippen LogP contribution in [0.5, 0.6) is 0 Å². The van der Waals surface area contributed by atoms with Crippen LogP contribution < -0.4 is 10.6 Å². The molecule has 32 heavy (non-hydrogen) atoms. The van der Waals surface area contributed by atoms with E-state index < -0.39 is 0 Å². The SMILES string of the molecule is CNC(=O)c1ccc2c(Cl)nnc(Cl)c2c1.CNC(=O)c1ccc2nc(Cl)c(Cl)nc2c1. The zero-order valence-corrected chi connectivity index (χ0v) is 19.6. The minimum absolute atomic E-state index is 0.128. The van der Waals surface area contributed by atoms with Gasteiger partial charge in [0.2, 0.25) is 0 Å². The van der Waals surface area contributed by atoms with Crippen LogP contribution in [-0.4, -0.2) is 46.1 Å². The van der Waals surface area contributed by atoms with E-state index in [2.05, 4.69) is 30.8 Å². The Kier molecular flexibility index (Phi) is 7.63. The zero-order chi connectivity index (χ0) is 23.4. The predicted molar refractivity (Wildman–Crippen MR) is 126 cm³/mol. The summed E-state index contributed by atoms with van der Waals surface area (Å²) in [5.74, 6) is -0.374. The van der Waals surface area contributed by atoms with Gasteiger partial charge in [0, 0.05) is 36.0 Å². The first kappa shape index (κ1) is 23.9. The second-order valence-electron chi connectivity index (χ2n) is 6.21. The number of fused-ring (bicyclic) bond motifs is 2. The average Bonchev–Trinajstić information content (AvgIpc) is 2.81. The molecule has 2 aromatic carbocycles. The molecular formula is C20H14Cl4N6O2. The maximum atomic E-state index is 11.4. The van der Waals surface area contributed by atoms with Crippen LogP contribution in [0.15, 0.2) is 36.4 Å². The van der Waals surface area contributed by atoms with Crippen molar-refractivity contribution in [3.8, 4) is 0 Å². The molecule has 2 amide bonds. The van der Waals surface area contributed by atoms with Gasteiger partial charge in [-0.15, -0.1) is 10.2 Å². The van der Waals surface area contributed by atoms with Gasteiger partial charge in [0.1, 0.15) is 0 Å². The fourth-order valence-electron chi connectivity index (χ4n) is 2.67. The van der Waals surface area contributed by atoms with Crippen molar-refractivity contribution < 1.29 is 9.59 Å². The largest absolute Gasteiger partial charge is 0.355 e. The number of carbonyl (C=O) groups excluding carboxylic acids is 2. The Morgan fingerprint density at radius 3 is 1.75 bits per heavy atom. The van der Waals surface area contributed by atoms with E-state index >= 15 is 0 Å². The lowest BCUT2D eigenvalue weighted by molar-refractivity contribution is 0.0955. The molecule has 2 heterocycles. The van der Waals surface area contributed by atoms with Gasteiger partial charge in [-0.1, -0.05) is 52.5 Å². The molecule has 0 aliphatic rings. The van der Waals surface area contributed by atoms with Crippen molar-refractivity contribution in [3.05, 3.63) is 68.1 Å². The number of nitrogens with one attached hydrogen (secondary N) is 2. The molecule has 2 aromatic heterocycles. The Labute approximate surface area is 202 Å². The van der Waals surface area contributed by atoms with Crippen LogP contribution in [0, 0.1) is 0 Å². The summed E-state index contributed by atoms with van der Waals surface area (Å²) in [7, 11) is 3.12. The molecule has 12 heteroatoms. The Balaban J connectivity index is 0.000000181. The normalized spacial score (nSPS) is 10.4. The molecule has 4 aromatic rings. The number of aromatic nitrogens is 4. The molecule has 0 spiro atoms. The fourth-order valence-corrected chi connectivity index (χ4v) is 3.34. The number of nitrogens with zero attached hydrogens (tertiary/aromatic N) is 4. The molecule has 0 saturated carbocycles. The standard InChI is InChI=1S/2C10H7Cl2N3O/c1-13-10(16)5-2-3-6-7(4-5)15-9(12)8(11)14-6;1-13-10(16)5-2-3-6-7(4-5)9(12)15-14-8(6)11/h2*2-4H,1H3,(H,13,16). The molecule has 0 unspecified atom stereocenters. The molecule has 8 nitrogen and oxygen atoms in total. The van der Waals surface area contributed by atoms with E-state index in [0.717, 1.165) is 0 Å². The average molecular weight is 512 g/mol. The third kappa shape index (κ3) is 5.16. The number of hydrogen-bond acceptors (Lipinski definition) is 6. The van der Waals surface area contributed by atoms with Gasteiger partial charge in [-0.3, -0.25) is 9.59 Å². The summed E-state index contributed by atoms with van der Waals surface area (Å²) >= 11 is 23.2. The van der Waals surface area contributed by atoms with Gasteiger partial charge in [-0.25, -0.2) is 9.97 Å². The Bertz CT molecular complexity index is 1350. The molecular weight excluding hydrogens is 498 g/mol. The summed E-state index contributed by atoms with van der Waals surface area (Å²) in [6.07, 6.45) is 0. The van der Waals surface area contributed by atoms with E-state index in [0.29, 0.717) is 32.9 Å². The van der Waals surface area contributed by atoms with Gasteiger partial charge in [-0.05, 0) is 30.3 Å². The van der Waals surface area contributed by atoms with Crippen LogP contribution in [0.3, 0.4) is 0 Å². The van der Waals surface area contributed by atoms with E-state index in [-0.39, 0.29) is 32.4 Å². The summed E-state index contributed by atoms with van der Waals surface area (Å²) in [5.41, 5.74) is 2.14. The van der Waals surface area contributed by atoms with E-state index in [1.807, 2.05) is 0 Å². The number of carbonyl (C=O) groups is 2. The number of hydrogen-bond donors (Lipinski definition) is 2. The van der Waals surface area contributed by atoms with Crippen molar-refractivity contribution in [1.82, 2.24) is 30.8 Å². The molecule has 0 atom stereocenters. The van der Waals surface area contributed by atoms with Crippen LogP contribution >= 0.6 is 46.4 Å². The minimum Gasteiger partial charge on any atom is -0.355 e. The van der Waals surface area contributed by atoms with E-state index in [1.165, 1.54) is 0 Å². The quantitative estimate of drug-likeness (QED) is 0.407. The first-order valence-electron chi connectivity index (χ1n) is 8.93. The fraction of sp³-hybridized carbons (Fsp3) is 0.100. The Morgan fingerprint density at radius 2 is 1.16 bits per heavy atom. The number of amides is 2. The van der Waals surface area contributed by atoms with E-state index in [9.17, 15) is 9.59 Å². The highest BCUT2D eigenvalue weighted by atomic mass is 35.5. The van der Waals surface area contributed by atoms with Crippen molar-refractivity contribution in [3.63, 3.8) is 0 Å². The molecule has 164 valence electrons. The second-order valence-corrected chi connectivity index (χ2v) is 7.64. The molecule has 2 N–H and O–H groups in total. The molecule has 4 rings (SSSR count). The zero-order valence-electron chi connectivity index (χ0n) is 16.6.